The Morgan fingerprint density at radius 3 is 2.25 bits per heavy atom. The van der Waals surface area contributed by atoms with Crippen LogP contribution in [-0.4, -0.2) is 126 Å². The van der Waals surface area contributed by atoms with Gasteiger partial charge in [0.1, 0.15) is 36.4 Å². The van der Waals surface area contributed by atoms with Crippen molar-refractivity contribution in [3.63, 3.8) is 0 Å². The van der Waals surface area contributed by atoms with Gasteiger partial charge in [-0.15, -0.1) is 0 Å². The van der Waals surface area contributed by atoms with Crippen LogP contribution in [-0.2, 0) is 49.5 Å². The molecule has 14 unspecified atom stereocenters. The Kier molecular flexibility index (Phi) is 20.8. The van der Waals surface area contributed by atoms with Crippen molar-refractivity contribution in [3.05, 3.63) is 95.1 Å². The lowest BCUT2D eigenvalue weighted by Gasteiger charge is -2.47. The summed E-state index contributed by atoms with van der Waals surface area (Å²) in [5.74, 6) is -7.04. The van der Waals surface area contributed by atoms with Gasteiger partial charge in [0, 0.05) is 52.0 Å². The predicted octanol–water partition coefficient (Wildman–Crippen LogP) is 8.53. The number of piperidine rings is 1. The minimum atomic E-state index is -2.53. The molecule has 2 aromatic carbocycles. The second kappa shape index (κ2) is 26.3. The monoisotopic (exact) mass is 1010 g/mol. The Bertz CT molecular complexity index is 2240. The van der Waals surface area contributed by atoms with Crippen LogP contribution in [0.3, 0.4) is 0 Å². The van der Waals surface area contributed by atoms with Gasteiger partial charge in [-0.05, 0) is 125 Å². The largest absolute Gasteiger partial charge is 0.489 e. The normalized spacial score (nSPS) is 34.9. The van der Waals surface area contributed by atoms with Gasteiger partial charge in [-0.2, -0.15) is 0 Å². The highest BCUT2D eigenvalue weighted by molar-refractivity contribution is 6.39. The van der Waals surface area contributed by atoms with Crippen molar-refractivity contribution in [3.8, 4) is 5.75 Å². The van der Waals surface area contributed by atoms with Gasteiger partial charge >= 0.3 is 5.97 Å². The summed E-state index contributed by atoms with van der Waals surface area (Å²) in [5.41, 5.74) is 2.53. The van der Waals surface area contributed by atoms with Crippen molar-refractivity contribution in [2.24, 2.45) is 29.6 Å². The van der Waals surface area contributed by atoms with E-state index in [2.05, 4.69) is 6.92 Å². The minimum Gasteiger partial charge on any atom is -0.489 e. The first-order chi connectivity index (χ1) is 34.8. The number of rotatable bonds is 12. The number of amides is 1. The zero-order valence-electron chi connectivity index (χ0n) is 44.7. The van der Waals surface area contributed by atoms with Crippen LogP contribution >= 0.6 is 0 Å². The molecule has 2 bridgehead atoms. The molecule has 1 saturated carbocycles. The summed E-state index contributed by atoms with van der Waals surface area (Å²) in [7, 11) is 4.66. The first kappa shape index (κ1) is 57.7. The summed E-state index contributed by atoms with van der Waals surface area (Å²) in [6, 6.07) is 16.6. The number of allylic oxidation sites excluding steroid dienone is 3. The molecule has 3 aliphatic heterocycles. The molecule has 0 radical (unpaired) electrons. The number of aliphatic hydroxyl groups is 3. The molecule has 4 aliphatic rings. The number of carbonyl (C=O) groups is 4. The van der Waals surface area contributed by atoms with E-state index in [9.17, 15) is 34.5 Å². The van der Waals surface area contributed by atoms with E-state index in [0.29, 0.717) is 70.0 Å². The number of benzene rings is 2. The maximum absolute atomic E-state index is 14.6. The third-order valence-corrected chi connectivity index (χ3v) is 16.1. The number of nitrogens with zero attached hydrogens (tertiary/aromatic N) is 1. The first-order valence-electron chi connectivity index (χ1n) is 26.6. The van der Waals surface area contributed by atoms with Crippen LogP contribution in [0.5, 0.6) is 5.75 Å². The number of cyclic esters (lactones) is 1. The average molecular weight is 1010 g/mol. The van der Waals surface area contributed by atoms with Crippen molar-refractivity contribution in [2.45, 2.75) is 179 Å². The maximum Gasteiger partial charge on any atom is 0.329 e. The van der Waals surface area contributed by atoms with Crippen molar-refractivity contribution in [1.82, 2.24) is 4.90 Å². The molecule has 14 heteroatoms. The SMILES string of the molecule is CCC1C=C(C)CC(C)CC(OC)C2OC(O)(C(=O)C(=O)N3CCCCC3C(=O)OC(C(C)=CC3CCC(O)(CC=Cc4ccc(OCc5ccccc5)cc4)C(OC)C3)C(C)C(O)CC1=O)C(C)CC2OC. The Balaban J connectivity index is 1.24. The number of carbonyl (C=O) groups excluding carboxylic acids is 4. The van der Waals surface area contributed by atoms with E-state index >= 15 is 0 Å². The van der Waals surface area contributed by atoms with Gasteiger partial charge in [-0.3, -0.25) is 14.4 Å². The number of hydrogen-bond acceptors (Lipinski definition) is 13. The molecule has 3 fully saturated rings. The highest BCUT2D eigenvalue weighted by atomic mass is 16.7. The van der Waals surface area contributed by atoms with Crippen molar-refractivity contribution >= 4 is 29.5 Å². The topological polar surface area (TPSA) is 188 Å². The molecular formula is C59H83NO13. The summed E-state index contributed by atoms with van der Waals surface area (Å²) in [6.45, 7) is 11.7. The van der Waals surface area contributed by atoms with E-state index in [1.54, 1.807) is 21.0 Å². The van der Waals surface area contributed by atoms with Crippen LogP contribution in [0.25, 0.3) is 6.08 Å². The summed E-state index contributed by atoms with van der Waals surface area (Å²) in [6.07, 6.45) is 7.86. The summed E-state index contributed by atoms with van der Waals surface area (Å²) < 4.78 is 36.4. The number of ether oxygens (including phenoxy) is 6. The van der Waals surface area contributed by atoms with Crippen LogP contribution in [0.1, 0.15) is 130 Å². The van der Waals surface area contributed by atoms with Crippen LogP contribution in [0, 0.1) is 29.6 Å². The van der Waals surface area contributed by atoms with E-state index in [-0.39, 0.29) is 43.4 Å². The third-order valence-electron chi connectivity index (χ3n) is 16.1. The molecule has 1 amide bonds. The third kappa shape index (κ3) is 14.4. The summed E-state index contributed by atoms with van der Waals surface area (Å²) in [4.78, 5) is 58.7. The predicted molar refractivity (Wildman–Crippen MR) is 278 cm³/mol. The number of fused-ring (bicyclic) bond motifs is 3. The van der Waals surface area contributed by atoms with Crippen molar-refractivity contribution in [2.75, 3.05) is 27.9 Å². The van der Waals surface area contributed by atoms with Gasteiger partial charge in [0.25, 0.3) is 11.7 Å². The standard InChI is InChI=1S/C59H83NO13/c1-10-45-30-37(2)29-38(3)31-50(68-7)54-51(69-8)33-40(5)59(67,73-54)55(63)56(64)60-28-15-14-20-47(60)57(65)72-53(41(6)48(61)35-49(45)62)39(4)32-44-25-27-58(66,52(34-44)70-9)26-16-19-42-21-23-46(24-22-42)71-36-43-17-12-11-13-18-43/h11-13,16-19,21-24,30,32,38,40-41,44-45,47-48,50-54,61,66-67H,10,14-15,20,25-29,31,33-36H2,1-9H3. The Morgan fingerprint density at radius 1 is 0.877 bits per heavy atom. The fraction of sp³-hybridized carbons (Fsp3) is 0.627. The minimum absolute atomic E-state index is 0.0157. The highest BCUT2D eigenvalue weighted by Crippen LogP contribution is 2.41. The van der Waals surface area contributed by atoms with E-state index in [0.717, 1.165) is 22.4 Å². The van der Waals surface area contributed by atoms with Crippen LogP contribution in [0.4, 0.5) is 0 Å². The summed E-state index contributed by atoms with van der Waals surface area (Å²) >= 11 is 0. The van der Waals surface area contributed by atoms with Gasteiger partial charge in [-0.1, -0.05) is 100 Å². The number of hydrogen-bond donors (Lipinski definition) is 3. The first-order valence-corrected chi connectivity index (χ1v) is 26.6. The number of ketones is 2. The van der Waals surface area contributed by atoms with Crippen LogP contribution in [0.15, 0.2) is 84.0 Å². The molecule has 3 N–H and O–H groups in total. The average Bonchev–Trinajstić information content (AvgIpc) is 3.38. The van der Waals surface area contributed by atoms with E-state index in [1.165, 1.54) is 19.1 Å². The lowest BCUT2D eigenvalue weighted by molar-refractivity contribution is -0.302. The molecule has 402 valence electrons. The highest BCUT2D eigenvalue weighted by Gasteiger charge is 2.57. The number of esters is 1. The lowest BCUT2D eigenvalue weighted by Crippen LogP contribution is -2.64. The maximum atomic E-state index is 14.6. The molecule has 2 aromatic rings. The number of aliphatic hydroxyl groups excluding tert-OH is 1. The van der Waals surface area contributed by atoms with Crippen LogP contribution < -0.4 is 4.74 Å². The molecule has 3 heterocycles. The molecule has 1 aliphatic carbocycles. The number of methoxy groups -OCH3 is 3. The van der Waals surface area contributed by atoms with Gasteiger partial charge < -0.3 is 48.6 Å². The molecule has 0 aromatic heterocycles. The summed E-state index contributed by atoms with van der Waals surface area (Å²) in [5, 5.41) is 36.1. The second-order valence-electron chi connectivity index (χ2n) is 21.6. The van der Waals surface area contributed by atoms with E-state index < -0.39 is 89.5 Å². The van der Waals surface area contributed by atoms with Crippen molar-refractivity contribution in [1.29, 1.82) is 0 Å². The molecule has 6 rings (SSSR count). The molecular weight excluding hydrogens is 931 g/mol. The Hall–Kier alpha value is -4.54. The second-order valence-corrected chi connectivity index (χ2v) is 21.6. The zero-order chi connectivity index (χ0) is 53.0. The smallest absolute Gasteiger partial charge is 0.329 e. The quantitative estimate of drug-likeness (QED) is 0.104. The molecule has 14 nitrogen and oxygen atoms in total. The lowest BCUT2D eigenvalue weighted by atomic mass is 9.74. The molecule has 2 saturated heterocycles. The van der Waals surface area contributed by atoms with Crippen LogP contribution in [0.2, 0.25) is 0 Å². The zero-order valence-corrected chi connectivity index (χ0v) is 44.7. The van der Waals surface area contributed by atoms with E-state index in [1.807, 2.05) is 99.7 Å². The molecule has 0 spiro atoms. The molecule has 14 atom stereocenters. The number of Topliss-reactive ketones (excluding diaryl/α,β-unsaturated/α-hetero) is 2. The Morgan fingerprint density at radius 2 is 1.58 bits per heavy atom. The van der Waals surface area contributed by atoms with Gasteiger partial charge in [0.15, 0.2) is 0 Å². The van der Waals surface area contributed by atoms with Gasteiger partial charge in [-0.25, -0.2) is 4.79 Å². The fourth-order valence-electron chi connectivity index (χ4n) is 11.6. The Labute approximate surface area is 433 Å². The fourth-order valence-corrected chi connectivity index (χ4v) is 11.6. The van der Waals surface area contributed by atoms with E-state index in [4.69, 9.17) is 28.4 Å². The molecule has 73 heavy (non-hydrogen) atoms. The van der Waals surface area contributed by atoms with Gasteiger partial charge in [0.2, 0.25) is 5.79 Å². The van der Waals surface area contributed by atoms with Gasteiger partial charge in [0.05, 0.1) is 30.0 Å². The van der Waals surface area contributed by atoms with Crippen molar-refractivity contribution < 1.29 is 62.9 Å².